The fraction of sp³-hybridized carbons (Fsp3) is 0. The molecule has 2 heterocycles. The number of halogens is 3. The number of hydrogen-bond donors (Lipinski definition) is 1. The quantitative estimate of drug-likeness (QED) is 0.720. The summed E-state index contributed by atoms with van der Waals surface area (Å²) in [6.07, 6.45) is 3.03. The van der Waals surface area contributed by atoms with Gasteiger partial charge in [-0.25, -0.2) is 9.37 Å². The highest BCUT2D eigenvalue weighted by molar-refractivity contribution is 6.38. The van der Waals surface area contributed by atoms with Gasteiger partial charge in [0.15, 0.2) is 5.78 Å². The van der Waals surface area contributed by atoms with Crippen LogP contribution >= 0.6 is 23.2 Å². The van der Waals surface area contributed by atoms with Crippen LogP contribution in [0.15, 0.2) is 36.7 Å². The van der Waals surface area contributed by atoms with Crippen molar-refractivity contribution in [3.63, 3.8) is 0 Å². The molecule has 20 heavy (non-hydrogen) atoms. The summed E-state index contributed by atoms with van der Waals surface area (Å²) in [5.74, 6) is -1.04. The molecule has 0 spiro atoms. The van der Waals surface area contributed by atoms with Gasteiger partial charge in [0.05, 0.1) is 15.6 Å². The Morgan fingerprint density at radius 3 is 2.80 bits per heavy atom. The van der Waals surface area contributed by atoms with E-state index >= 15 is 0 Å². The Balaban J connectivity index is 2.21. The van der Waals surface area contributed by atoms with E-state index in [2.05, 4.69) is 9.97 Å². The number of rotatable bonds is 2. The highest BCUT2D eigenvalue weighted by atomic mass is 35.5. The lowest BCUT2D eigenvalue weighted by molar-refractivity contribution is 0.104. The Morgan fingerprint density at radius 1 is 1.20 bits per heavy atom. The molecule has 100 valence electrons. The molecule has 2 aromatic heterocycles. The zero-order chi connectivity index (χ0) is 14.3. The summed E-state index contributed by atoms with van der Waals surface area (Å²) in [4.78, 5) is 19.4. The Kier molecular flexibility index (Phi) is 3.20. The number of H-pyrrole nitrogens is 1. The van der Waals surface area contributed by atoms with E-state index in [-0.39, 0.29) is 10.6 Å². The second kappa shape index (κ2) is 4.89. The van der Waals surface area contributed by atoms with Crippen LogP contribution in [0.5, 0.6) is 0 Å². The zero-order valence-corrected chi connectivity index (χ0v) is 11.5. The molecule has 1 aromatic carbocycles. The van der Waals surface area contributed by atoms with Crippen LogP contribution in [0.2, 0.25) is 10.0 Å². The maximum absolute atomic E-state index is 13.4. The van der Waals surface area contributed by atoms with E-state index in [1.54, 1.807) is 6.07 Å². The van der Waals surface area contributed by atoms with E-state index in [9.17, 15) is 9.18 Å². The fourth-order valence-corrected chi connectivity index (χ4v) is 2.48. The van der Waals surface area contributed by atoms with Gasteiger partial charge >= 0.3 is 0 Å². The Morgan fingerprint density at radius 2 is 2.00 bits per heavy atom. The molecule has 3 rings (SSSR count). The van der Waals surface area contributed by atoms with E-state index in [1.807, 2.05) is 0 Å². The Bertz CT molecular complexity index is 829. The maximum atomic E-state index is 13.4. The minimum atomic E-state index is -0.637. The lowest BCUT2D eigenvalue weighted by Crippen LogP contribution is -2.02. The molecule has 0 aliphatic rings. The zero-order valence-electron chi connectivity index (χ0n) is 9.95. The molecule has 0 atom stereocenters. The van der Waals surface area contributed by atoms with E-state index in [0.717, 1.165) is 0 Å². The van der Waals surface area contributed by atoms with Crippen molar-refractivity contribution in [2.45, 2.75) is 0 Å². The predicted octanol–water partition coefficient (Wildman–Crippen LogP) is 4.24. The summed E-state index contributed by atoms with van der Waals surface area (Å²) in [5, 5.41) is 0.693. The van der Waals surface area contributed by atoms with Crippen molar-refractivity contribution in [1.82, 2.24) is 9.97 Å². The molecule has 0 unspecified atom stereocenters. The van der Waals surface area contributed by atoms with Crippen LogP contribution in [-0.2, 0) is 0 Å². The largest absolute Gasteiger partial charge is 0.345 e. The van der Waals surface area contributed by atoms with Crippen molar-refractivity contribution in [2.75, 3.05) is 0 Å². The summed E-state index contributed by atoms with van der Waals surface area (Å²) in [7, 11) is 0. The third kappa shape index (κ3) is 1.97. The van der Waals surface area contributed by atoms with Gasteiger partial charge in [0.25, 0.3) is 0 Å². The summed E-state index contributed by atoms with van der Waals surface area (Å²) < 4.78 is 13.4. The first-order valence-electron chi connectivity index (χ1n) is 5.70. The summed E-state index contributed by atoms with van der Waals surface area (Å²) >= 11 is 11.9. The molecule has 6 heteroatoms. The molecule has 0 radical (unpaired) electrons. The standard InChI is InChI=1S/C14H7Cl2FN2O/c15-9-4-5-18-14-11(9)8(6-19-14)13(20)7-2-1-3-10(17)12(7)16/h1-6H,(H,18,19). The molecule has 0 fully saturated rings. The van der Waals surface area contributed by atoms with Crippen molar-refractivity contribution >= 4 is 40.0 Å². The summed E-state index contributed by atoms with van der Waals surface area (Å²) in [6, 6.07) is 5.69. The van der Waals surface area contributed by atoms with Gasteiger partial charge < -0.3 is 4.98 Å². The van der Waals surface area contributed by atoms with Gasteiger partial charge in [0, 0.05) is 23.3 Å². The van der Waals surface area contributed by atoms with Crippen molar-refractivity contribution in [3.05, 3.63) is 63.6 Å². The molecule has 1 N–H and O–H groups in total. The number of nitrogens with zero attached hydrogens (tertiary/aromatic N) is 1. The van der Waals surface area contributed by atoms with Crippen LogP contribution in [-0.4, -0.2) is 15.8 Å². The third-order valence-electron chi connectivity index (χ3n) is 2.96. The van der Waals surface area contributed by atoms with Gasteiger partial charge in [0.2, 0.25) is 0 Å². The van der Waals surface area contributed by atoms with Crippen molar-refractivity contribution in [3.8, 4) is 0 Å². The van der Waals surface area contributed by atoms with Gasteiger partial charge in [-0.05, 0) is 18.2 Å². The van der Waals surface area contributed by atoms with Crippen LogP contribution in [0.4, 0.5) is 4.39 Å². The number of pyridine rings is 1. The average molecular weight is 309 g/mol. The minimum absolute atomic E-state index is 0.0903. The van der Waals surface area contributed by atoms with Crippen molar-refractivity contribution in [2.24, 2.45) is 0 Å². The van der Waals surface area contributed by atoms with Gasteiger partial charge in [-0.3, -0.25) is 4.79 Å². The fourth-order valence-electron chi connectivity index (χ4n) is 2.02. The van der Waals surface area contributed by atoms with E-state index in [0.29, 0.717) is 21.6 Å². The number of aromatic amines is 1. The van der Waals surface area contributed by atoms with Crippen LogP contribution < -0.4 is 0 Å². The molecule has 3 nitrogen and oxygen atoms in total. The molecule has 0 aliphatic carbocycles. The van der Waals surface area contributed by atoms with Crippen LogP contribution in [0, 0.1) is 5.82 Å². The lowest BCUT2D eigenvalue weighted by atomic mass is 10.0. The summed E-state index contributed by atoms with van der Waals surface area (Å²) in [5.41, 5.74) is 0.895. The van der Waals surface area contributed by atoms with Gasteiger partial charge in [-0.15, -0.1) is 0 Å². The monoisotopic (exact) mass is 308 g/mol. The highest BCUT2D eigenvalue weighted by Gasteiger charge is 2.20. The third-order valence-corrected chi connectivity index (χ3v) is 3.66. The molecular weight excluding hydrogens is 302 g/mol. The Hall–Kier alpha value is -1.91. The topological polar surface area (TPSA) is 45.8 Å². The van der Waals surface area contributed by atoms with Crippen LogP contribution in [0.25, 0.3) is 11.0 Å². The SMILES string of the molecule is O=C(c1cccc(F)c1Cl)c1c[nH]c2nccc(Cl)c12. The number of carbonyl (C=O) groups excluding carboxylic acids is 1. The highest BCUT2D eigenvalue weighted by Crippen LogP contribution is 2.29. The molecule has 0 amide bonds. The summed E-state index contributed by atoms with van der Waals surface area (Å²) in [6.45, 7) is 0. The normalized spacial score (nSPS) is 10.9. The van der Waals surface area contributed by atoms with E-state index in [4.69, 9.17) is 23.2 Å². The van der Waals surface area contributed by atoms with Crippen molar-refractivity contribution in [1.29, 1.82) is 0 Å². The first-order valence-corrected chi connectivity index (χ1v) is 6.45. The second-order valence-corrected chi connectivity index (χ2v) is 4.93. The Labute approximate surface area is 123 Å². The number of nitrogens with one attached hydrogen (secondary N) is 1. The number of carbonyl (C=O) groups is 1. The molecule has 3 aromatic rings. The number of hydrogen-bond acceptors (Lipinski definition) is 2. The van der Waals surface area contributed by atoms with Gasteiger partial charge in [-0.1, -0.05) is 29.3 Å². The van der Waals surface area contributed by atoms with Gasteiger partial charge in [-0.2, -0.15) is 0 Å². The minimum Gasteiger partial charge on any atom is -0.345 e. The first kappa shape index (κ1) is 13.1. The molecule has 0 saturated heterocycles. The van der Waals surface area contributed by atoms with Gasteiger partial charge in [0.1, 0.15) is 11.5 Å². The van der Waals surface area contributed by atoms with E-state index in [1.165, 1.54) is 30.6 Å². The molecule has 0 aliphatic heterocycles. The number of ketones is 1. The average Bonchev–Trinajstić information content (AvgIpc) is 2.86. The second-order valence-electron chi connectivity index (χ2n) is 4.15. The van der Waals surface area contributed by atoms with E-state index < -0.39 is 11.6 Å². The smallest absolute Gasteiger partial charge is 0.196 e. The van der Waals surface area contributed by atoms with Crippen molar-refractivity contribution < 1.29 is 9.18 Å². The van der Waals surface area contributed by atoms with Crippen LogP contribution in [0.3, 0.4) is 0 Å². The predicted molar refractivity (Wildman–Crippen MR) is 75.9 cm³/mol. The lowest BCUT2D eigenvalue weighted by Gasteiger charge is -2.04. The van der Waals surface area contributed by atoms with Crippen LogP contribution in [0.1, 0.15) is 15.9 Å². The maximum Gasteiger partial charge on any atom is 0.196 e. The molecule has 0 saturated carbocycles. The number of fused-ring (bicyclic) bond motifs is 1. The number of aromatic nitrogens is 2. The molecular formula is C14H7Cl2FN2O. The first-order chi connectivity index (χ1) is 9.59. The number of benzene rings is 1. The molecule has 0 bridgehead atoms.